The second-order valence-electron chi connectivity index (χ2n) is 4.32. The van der Waals surface area contributed by atoms with Crippen LogP contribution >= 0.6 is 0 Å². The summed E-state index contributed by atoms with van der Waals surface area (Å²) in [4.78, 5) is 22.3. The minimum absolute atomic E-state index is 0.147. The zero-order valence-corrected chi connectivity index (χ0v) is 9.98. The fraction of sp³-hybridized carbons (Fsp3) is 0.333. The fourth-order valence-corrected chi connectivity index (χ4v) is 1.77. The molecule has 0 heterocycles. The first-order valence-corrected chi connectivity index (χ1v) is 5.66. The van der Waals surface area contributed by atoms with E-state index in [4.69, 9.17) is 5.11 Å². The summed E-state index contributed by atoms with van der Waals surface area (Å²) in [6.07, 6.45) is -4.69. The van der Waals surface area contributed by atoms with Crippen LogP contribution in [0.15, 0.2) is 24.3 Å². The molecule has 0 radical (unpaired) electrons. The van der Waals surface area contributed by atoms with Crippen molar-refractivity contribution >= 4 is 17.6 Å². The Kier molecular flexibility index (Phi) is 3.56. The molecule has 1 aromatic rings. The van der Waals surface area contributed by atoms with Crippen LogP contribution in [0.1, 0.15) is 6.42 Å². The molecule has 2 unspecified atom stereocenters. The second kappa shape index (κ2) is 5.03. The fourth-order valence-electron chi connectivity index (χ4n) is 1.77. The van der Waals surface area contributed by atoms with Gasteiger partial charge in [-0.15, -0.1) is 13.2 Å². The Morgan fingerprint density at radius 3 is 2.45 bits per heavy atom. The molecule has 20 heavy (non-hydrogen) atoms. The number of carboxylic acid groups (broad SMARTS) is 1. The Balaban J connectivity index is 2.06. The molecule has 108 valence electrons. The number of aliphatic carboxylic acids is 1. The van der Waals surface area contributed by atoms with Crippen molar-refractivity contribution in [3.8, 4) is 5.75 Å². The summed E-state index contributed by atoms with van der Waals surface area (Å²) >= 11 is 0. The molecule has 1 saturated carbocycles. The van der Waals surface area contributed by atoms with Gasteiger partial charge in [-0.1, -0.05) is 12.1 Å². The van der Waals surface area contributed by atoms with Crippen LogP contribution in [0.4, 0.5) is 18.9 Å². The van der Waals surface area contributed by atoms with E-state index in [1.54, 1.807) is 0 Å². The van der Waals surface area contributed by atoms with Crippen LogP contribution in [-0.2, 0) is 9.59 Å². The Bertz CT molecular complexity index is 544. The van der Waals surface area contributed by atoms with Crippen molar-refractivity contribution in [2.75, 3.05) is 5.32 Å². The Morgan fingerprint density at radius 1 is 1.25 bits per heavy atom. The van der Waals surface area contributed by atoms with E-state index < -0.39 is 35.8 Å². The predicted octanol–water partition coefficient (Wildman–Crippen LogP) is 2.24. The first-order valence-electron chi connectivity index (χ1n) is 5.66. The third-order valence-corrected chi connectivity index (χ3v) is 2.82. The van der Waals surface area contributed by atoms with E-state index in [0.717, 1.165) is 6.07 Å². The lowest BCUT2D eigenvalue weighted by Gasteiger charge is -2.13. The summed E-state index contributed by atoms with van der Waals surface area (Å²) in [7, 11) is 0. The first-order chi connectivity index (χ1) is 9.28. The van der Waals surface area contributed by atoms with E-state index in [1.165, 1.54) is 18.2 Å². The molecule has 1 fully saturated rings. The highest BCUT2D eigenvalue weighted by molar-refractivity contribution is 5.99. The summed E-state index contributed by atoms with van der Waals surface area (Å²) in [5, 5.41) is 10.9. The van der Waals surface area contributed by atoms with Crippen LogP contribution in [0.25, 0.3) is 0 Å². The highest BCUT2D eigenvalue weighted by Gasteiger charge is 2.48. The van der Waals surface area contributed by atoms with Gasteiger partial charge in [0, 0.05) is 0 Å². The van der Waals surface area contributed by atoms with Gasteiger partial charge in [0.15, 0.2) is 5.75 Å². The second-order valence-corrected chi connectivity index (χ2v) is 4.32. The van der Waals surface area contributed by atoms with Crippen molar-refractivity contribution in [1.82, 2.24) is 0 Å². The quantitative estimate of drug-likeness (QED) is 0.891. The van der Waals surface area contributed by atoms with Gasteiger partial charge in [-0.2, -0.15) is 0 Å². The molecule has 2 atom stereocenters. The number of carboxylic acids is 1. The number of anilines is 1. The average molecular weight is 289 g/mol. The van der Waals surface area contributed by atoms with Crippen molar-refractivity contribution < 1.29 is 32.6 Å². The average Bonchev–Trinajstić information content (AvgIpc) is 3.09. The summed E-state index contributed by atoms with van der Waals surface area (Å²) in [5.74, 6) is -3.75. The van der Waals surface area contributed by atoms with Crippen molar-refractivity contribution in [3.05, 3.63) is 24.3 Å². The molecule has 1 amide bonds. The molecular formula is C12H10F3NO4. The Labute approximate surface area is 111 Å². The Morgan fingerprint density at radius 2 is 1.90 bits per heavy atom. The molecule has 0 saturated heterocycles. The first kappa shape index (κ1) is 14.2. The van der Waals surface area contributed by atoms with Gasteiger partial charge in [-0.05, 0) is 18.6 Å². The van der Waals surface area contributed by atoms with Crippen molar-refractivity contribution in [3.63, 3.8) is 0 Å². The van der Waals surface area contributed by atoms with Crippen LogP contribution in [0.2, 0.25) is 0 Å². The number of para-hydroxylation sites is 2. The smallest absolute Gasteiger partial charge is 0.481 e. The van der Waals surface area contributed by atoms with Crippen LogP contribution in [0, 0.1) is 11.8 Å². The van der Waals surface area contributed by atoms with E-state index in [1.807, 2.05) is 0 Å². The van der Waals surface area contributed by atoms with Gasteiger partial charge in [-0.3, -0.25) is 9.59 Å². The van der Waals surface area contributed by atoms with E-state index >= 15 is 0 Å². The molecule has 0 bridgehead atoms. The van der Waals surface area contributed by atoms with E-state index in [2.05, 4.69) is 10.1 Å². The number of amides is 1. The topological polar surface area (TPSA) is 75.6 Å². The number of hydrogen-bond acceptors (Lipinski definition) is 3. The number of benzene rings is 1. The van der Waals surface area contributed by atoms with Crippen LogP contribution in [0.5, 0.6) is 5.75 Å². The normalized spacial score (nSPS) is 21.1. The number of hydrogen-bond donors (Lipinski definition) is 2. The molecule has 0 aromatic heterocycles. The summed E-state index contributed by atoms with van der Waals surface area (Å²) in [6, 6.07) is 5.07. The van der Waals surface area contributed by atoms with Gasteiger partial charge in [0.1, 0.15) is 0 Å². The molecule has 1 aromatic carbocycles. The molecule has 2 rings (SSSR count). The molecule has 1 aliphatic carbocycles. The molecule has 5 nitrogen and oxygen atoms in total. The van der Waals surface area contributed by atoms with E-state index in [-0.39, 0.29) is 12.1 Å². The number of halogens is 3. The molecule has 2 N–H and O–H groups in total. The molecule has 0 aliphatic heterocycles. The highest BCUT2D eigenvalue weighted by atomic mass is 19.4. The Hall–Kier alpha value is -2.25. The van der Waals surface area contributed by atoms with Gasteiger partial charge in [0.2, 0.25) is 5.91 Å². The maximum Gasteiger partial charge on any atom is 0.573 e. The third kappa shape index (κ3) is 3.40. The maximum atomic E-state index is 12.2. The number of alkyl halides is 3. The van der Waals surface area contributed by atoms with Gasteiger partial charge >= 0.3 is 12.3 Å². The van der Waals surface area contributed by atoms with Crippen LogP contribution < -0.4 is 10.1 Å². The van der Waals surface area contributed by atoms with Gasteiger partial charge in [-0.25, -0.2) is 0 Å². The molecular weight excluding hydrogens is 279 g/mol. The number of rotatable bonds is 4. The third-order valence-electron chi connectivity index (χ3n) is 2.82. The maximum absolute atomic E-state index is 12.2. The van der Waals surface area contributed by atoms with Gasteiger partial charge in [0.25, 0.3) is 0 Å². The van der Waals surface area contributed by atoms with Crippen LogP contribution in [0.3, 0.4) is 0 Å². The molecule has 0 spiro atoms. The van der Waals surface area contributed by atoms with Crippen LogP contribution in [-0.4, -0.2) is 23.3 Å². The largest absolute Gasteiger partial charge is 0.573 e. The minimum atomic E-state index is -4.87. The minimum Gasteiger partial charge on any atom is -0.481 e. The summed E-state index contributed by atoms with van der Waals surface area (Å²) in [5.41, 5.74) is -0.147. The summed E-state index contributed by atoms with van der Waals surface area (Å²) in [6.45, 7) is 0. The summed E-state index contributed by atoms with van der Waals surface area (Å²) < 4.78 is 40.3. The predicted molar refractivity (Wildman–Crippen MR) is 61.0 cm³/mol. The van der Waals surface area contributed by atoms with E-state index in [9.17, 15) is 22.8 Å². The number of carbonyl (C=O) groups is 2. The number of ether oxygens (including phenoxy) is 1. The zero-order valence-electron chi connectivity index (χ0n) is 9.98. The van der Waals surface area contributed by atoms with Gasteiger partial charge in [0.05, 0.1) is 17.5 Å². The number of nitrogens with one attached hydrogen (secondary N) is 1. The van der Waals surface area contributed by atoms with Crippen molar-refractivity contribution in [2.24, 2.45) is 11.8 Å². The van der Waals surface area contributed by atoms with E-state index in [0.29, 0.717) is 0 Å². The zero-order chi connectivity index (χ0) is 14.9. The monoisotopic (exact) mass is 289 g/mol. The standard InChI is InChI=1S/C12H10F3NO4/c13-12(14,15)20-9-4-2-1-3-8(9)16-10(17)6-5-7(6)11(18)19/h1-4,6-7H,5H2,(H,16,17)(H,18,19). The lowest BCUT2D eigenvalue weighted by molar-refractivity contribution is -0.274. The van der Waals surface area contributed by atoms with Crippen molar-refractivity contribution in [2.45, 2.75) is 12.8 Å². The molecule has 1 aliphatic rings. The van der Waals surface area contributed by atoms with Gasteiger partial charge < -0.3 is 15.2 Å². The SMILES string of the molecule is O=C(O)C1CC1C(=O)Nc1ccccc1OC(F)(F)F. The number of carbonyl (C=O) groups excluding carboxylic acids is 1. The lowest BCUT2D eigenvalue weighted by atomic mass is 10.2. The van der Waals surface area contributed by atoms with Crippen molar-refractivity contribution in [1.29, 1.82) is 0 Å². The lowest BCUT2D eigenvalue weighted by Crippen LogP contribution is -2.21. The highest BCUT2D eigenvalue weighted by Crippen LogP contribution is 2.40. The molecule has 8 heteroatoms.